The molecule has 4 heteroatoms. The van der Waals surface area contributed by atoms with E-state index in [0.29, 0.717) is 0 Å². The van der Waals surface area contributed by atoms with Crippen LogP contribution >= 0.6 is 25.3 Å². The molecule has 0 atom stereocenters. The van der Waals surface area contributed by atoms with Crippen LogP contribution in [0.2, 0.25) is 0 Å². The van der Waals surface area contributed by atoms with E-state index in [-0.39, 0.29) is 29.6 Å². The Labute approximate surface area is 63.6 Å². The van der Waals surface area contributed by atoms with Gasteiger partial charge in [-0.05, 0) is 0 Å². The second-order valence-corrected chi connectivity index (χ2v) is 1.45. The fourth-order valence-corrected chi connectivity index (χ4v) is 0. The molecular weight excluding hydrogens is 115 g/mol. The first kappa shape index (κ1) is 9.62. The van der Waals surface area contributed by atoms with E-state index in [0.717, 1.165) is 0 Å². The molecular formula is CH2NaOS2. The van der Waals surface area contributed by atoms with E-state index in [2.05, 4.69) is 25.3 Å². The van der Waals surface area contributed by atoms with Gasteiger partial charge < -0.3 is 0 Å². The molecule has 0 N–H and O–H groups in total. The Morgan fingerprint density at radius 1 is 1.40 bits per heavy atom. The molecule has 1 radical (unpaired) electrons. The van der Waals surface area contributed by atoms with E-state index >= 15 is 0 Å². The van der Waals surface area contributed by atoms with Gasteiger partial charge in [-0.15, -0.1) is 0 Å². The third kappa shape index (κ3) is 32.5. The molecule has 0 bridgehead atoms. The largest absolute Gasteiger partial charge is 0.275 e. The molecule has 0 spiro atoms. The van der Waals surface area contributed by atoms with Crippen LogP contribution in [0, 0.1) is 0 Å². The zero-order valence-electron chi connectivity index (χ0n) is 2.80. The average Bonchev–Trinajstić information content (AvgIpc) is 0.811. The second kappa shape index (κ2) is 5.37. The average molecular weight is 117 g/mol. The van der Waals surface area contributed by atoms with E-state index in [1.54, 1.807) is 0 Å². The number of carbonyl (C=O) groups is 1. The summed E-state index contributed by atoms with van der Waals surface area (Å²) < 4.78 is -0.444. The maximum atomic E-state index is 9.17. The standard InChI is InChI=1S/CH2OS2.Na/c2-1(3)4;/h(H2,2,3,4);. The fourth-order valence-electron chi connectivity index (χ4n) is 0. The van der Waals surface area contributed by atoms with Crippen LogP contribution in [0.15, 0.2) is 0 Å². The van der Waals surface area contributed by atoms with E-state index < -0.39 is 4.45 Å². The van der Waals surface area contributed by atoms with Gasteiger partial charge in [-0.1, -0.05) is 25.3 Å². The minimum atomic E-state index is -0.444. The third-order valence-electron chi connectivity index (χ3n) is 0. The van der Waals surface area contributed by atoms with Crippen LogP contribution in [-0.4, -0.2) is 34.0 Å². The van der Waals surface area contributed by atoms with Crippen molar-refractivity contribution in [1.82, 2.24) is 0 Å². The summed E-state index contributed by atoms with van der Waals surface area (Å²) >= 11 is 6.38. The van der Waals surface area contributed by atoms with Gasteiger partial charge in [0.25, 0.3) is 0 Å². The van der Waals surface area contributed by atoms with Crippen molar-refractivity contribution in [3.63, 3.8) is 0 Å². The van der Waals surface area contributed by atoms with Gasteiger partial charge >= 0.3 is 0 Å². The first-order chi connectivity index (χ1) is 1.73. The first-order valence-corrected chi connectivity index (χ1v) is 1.55. The van der Waals surface area contributed by atoms with Gasteiger partial charge in [-0.25, -0.2) is 0 Å². The fraction of sp³-hybridized carbons (Fsp3) is 0. The summed E-state index contributed by atoms with van der Waals surface area (Å²) in [6.45, 7) is 0. The SMILES string of the molecule is O=C(S)S.[Na]. The molecule has 0 aliphatic carbocycles. The van der Waals surface area contributed by atoms with Crippen LogP contribution in [0.3, 0.4) is 0 Å². The van der Waals surface area contributed by atoms with Crippen LogP contribution in [0.5, 0.6) is 0 Å². The Bertz CT molecular complexity index is 32.6. The van der Waals surface area contributed by atoms with Crippen molar-refractivity contribution in [3.8, 4) is 0 Å². The van der Waals surface area contributed by atoms with Crippen LogP contribution < -0.4 is 0 Å². The summed E-state index contributed by atoms with van der Waals surface area (Å²) in [5, 5.41) is 0. The normalized spacial score (nSPS) is 5.20. The molecule has 5 heavy (non-hydrogen) atoms. The quantitative estimate of drug-likeness (QED) is 0.350. The Morgan fingerprint density at radius 3 is 1.40 bits per heavy atom. The molecule has 0 fully saturated rings. The zero-order chi connectivity index (χ0) is 3.58. The van der Waals surface area contributed by atoms with Gasteiger partial charge in [0.2, 0.25) is 4.45 Å². The van der Waals surface area contributed by atoms with Gasteiger partial charge in [0.05, 0.1) is 0 Å². The maximum absolute atomic E-state index is 9.17. The van der Waals surface area contributed by atoms with Gasteiger partial charge in [0.15, 0.2) is 0 Å². The number of carbonyl (C=O) groups excluding carboxylic acids is 1. The molecule has 0 aliphatic heterocycles. The molecule has 0 aromatic carbocycles. The number of hydrogen-bond donors (Lipinski definition) is 2. The number of rotatable bonds is 0. The topological polar surface area (TPSA) is 17.1 Å². The summed E-state index contributed by atoms with van der Waals surface area (Å²) in [5.41, 5.74) is 0. The van der Waals surface area contributed by atoms with Gasteiger partial charge in [-0.2, -0.15) is 0 Å². The molecule has 25 valence electrons. The monoisotopic (exact) mass is 117 g/mol. The van der Waals surface area contributed by atoms with E-state index in [1.165, 1.54) is 0 Å². The molecule has 0 heterocycles. The van der Waals surface area contributed by atoms with Crippen molar-refractivity contribution in [2.75, 3.05) is 0 Å². The Morgan fingerprint density at radius 2 is 1.40 bits per heavy atom. The second-order valence-electron chi connectivity index (χ2n) is 0.283. The summed E-state index contributed by atoms with van der Waals surface area (Å²) in [6.07, 6.45) is 0. The van der Waals surface area contributed by atoms with Crippen molar-refractivity contribution >= 4 is 59.3 Å². The zero-order valence-corrected chi connectivity index (χ0v) is 6.59. The van der Waals surface area contributed by atoms with Crippen molar-refractivity contribution in [1.29, 1.82) is 0 Å². The van der Waals surface area contributed by atoms with Crippen LogP contribution in [-0.2, 0) is 0 Å². The molecule has 0 aromatic rings. The molecule has 0 rings (SSSR count). The summed E-state index contributed by atoms with van der Waals surface area (Å²) in [7, 11) is 0. The molecule has 0 aliphatic rings. The van der Waals surface area contributed by atoms with Crippen molar-refractivity contribution in [2.24, 2.45) is 0 Å². The van der Waals surface area contributed by atoms with Crippen molar-refractivity contribution < 1.29 is 4.79 Å². The van der Waals surface area contributed by atoms with E-state index in [9.17, 15) is 4.79 Å². The predicted octanol–water partition coefficient (Wildman–Crippen LogP) is 0.585. The Hall–Kier alpha value is 1.37. The molecule has 0 aromatic heterocycles. The molecule has 0 amide bonds. The Kier molecular flexibility index (Phi) is 10.3. The van der Waals surface area contributed by atoms with Crippen LogP contribution in [0.25, 0.3) is 0 Å². The van der Waals surface area contributed by atoms with Gasteiger partial charge in [0.1, 0.15) is 0 Å². The first-order valence-electron chi connectivity index (χ1n) is 0.651. The van der Waals surface area contributed by atoms with E-state index in [4.69, 9.17) is 0 Å². The number of hydrogen-bond acceptors (Lipinski definition) is 1. The minimum absolute atomic E-state index is 0. The van der Waals surface area contributed by atoms with Gasteiger partial charge in [-0.3, -0.25) is 4.79 Å². The minimum Gasteiger partial charge on any atom is -0.275 e. The third-order valence-corrected chi connectivity index (χ3v) is 0. The summed E-state index contributed by atoms with van der Waals surface area (Å²) in [5.74, 6) is 0. The summed E-state index contributed by atoms with van der Waals surface area (Å²) in [4.78, 5) is 9.17. The van der Waals surface area contributed by atoms with Crippen LogP contribution in [0.1, 0.15) is 0 Å². The molecule has 0 saturated heterocycles. The molecule has 1 nitrogen and oxygen atoms in total. The molecule has 0 unspecified atom stereocenters. The van der Waals surface area contributed by atoms with Gasteiger partial charge in [0, 0.05) is 29.6 Å². The van der Waals surface area contributed by atoms with Crippen molar-refractivity contribution in [2.45, 2.75) is 0 Å². The predicted molar refractivity (Wildman–Crippen MR) is 29.1 cm³/mol. The summed E-state index contributed by atoms with van der Waals surface area (Å²) in [6, 6.07) is 0. The molecule has 0 saturated carbocycles. The maximum Gasteiger partial charge on any atom is 0.239 e. The van der Waals surface area contributed by atoms with Crippen molar-refractivity contribution in [3.05, 3.63) is 0 Å². The smallest absolute Gasteiger partial charge is 0.239 e. The Balaban J connectivity index is 0. The van der Waals surface area contributed by atoms with E-state index in [1.807, 2.05) is 0 Å². The van der Waals surface area contributed by atoms with Crippen LogP contribution in [0.4, 0.5) is 4.79 Å². The number of thiol groups is 2.